The molecule has 0 atom stereocenters. The van der Waals surface area contributed by atoms with Crippen molar-refractivity contribution in [2.45, 2.75) is 31.5 Å². The summed E-state index contributed by atoms with van der Waals surface area (Å²) in [6, 6.07) is 17.6. The van der Waals surface area contributed by atoms with Crippen LogP contribution in [0.3, 0.4) is 0 Å². The van der Waals surface area contributed by atoms with Crippen molar-refractivity contribution < 1.29 is 9.59 Å². The molecular formula is C22H23N5O2S. The fraction of sp³-hybridized carbons (Fsp3) is 0.273. The molecule has 1 N–H and O–H groups in total. The Bertz CT molecular complexity index is 1030. The molecule has 30 heavy (non-hydrogen) atoms. The quantitative estimate of drug-likeness (QED) is 0.593. The van der Waals surface area contributed by atoms with Crippen molar-refractivity contribution in [1.82, 2.24) is 20.1 Å². The van der Waals surface area contributed by atoms with E-state index in [2.05, 4.69) is 15.5 Å². The molecule has 4 rings (SSSR count). The maximum Gasteiger partial charge on any atom is 0.230 e. The van der Waals surface area contributed by atoms with Crippen LogP contribution in [0.25, 0.3) is 5.69 Å². The number of aromatic nitrogens is 3. The zero-order chi connectivity index (χ0) is 20.9. The molecule has 0 saturated carbocycles. The first-order chi connectivity index (χ1) is 14.6. The minimum Gasteiger partial charge on any atom is -0.351 e. The first kappa shape index (κ1) is 20.2. The molecule has 1 aliphatic heterocycles. The van der Waals surface area contributed by atoms with Gasteiger partial charge >= 0.3 is 0 Å². The molecule has 0 spiro atoms. The molecular weight excluding hydrogens is 398 g/mol. The van der Waals surface area contributed by atoms with Crippen LogP contribution in [0.2, 0.25) is 0 Å². The Morgan fingerprint density at radius 2 is 1.83 bits per heavy atom. The van der Waals surface area contributed by atoms with Crippen LogP contribution in [-0.2, 0) is 16.1 Å². The normalized spacial score (nSPS) is 13.6. The summed E-state index contributed by atoms with van der Waals surface area (Å²) in [5, 5.41) is 12.0. The highest BCUT2D eigenvalue weighted by atomic mass is 32.2. The SMILES string of the molecule is Cc1nnc(SCC(=O)NCc2ccc(N3CCCC3=O)cc2)n1-c1ccccc1. The Balaban J connectivity index is 1.30. The van der Waals surface area contributed by atoms with Gasteiger partial charge in [-0.1, -0.05) is 42.1 Å². The molecule has 2 aromatic carbocycles. The van der Waals surface area contributed by atoms with E-state index in [1.54, 1.807) is 0 Å². The first-order valence-electron chi connectivity index (χ1n) is 9.88. The van der Waals surface area contributed by atoms with Gasteiger partial charge in [-0.25, -0.2) is 0 Å². The lowest BCUT2D eigenvalue weighted by Gasteiger charge is -2.16. The summed E-state index contributed by atoms with van der Waals surface area (Å²) < 4.78 is 1.94. The molecule has 1 aromatic heterocycles. The fourth-order valence-electron chi connectivity index (χ4n) is 3.41. The zero-order valence-corrected chi connectivity index (χ0v) is 17.6. The van der Waals surface area contributed by atoms with Crippen LogP contribution >= 0.6 is 11.8 Å². The summed E-state index contributed by atoms with van der Waals surface area (Å²) in [6.45, 7) is 3.11. The van der Waals surface area contributed by atoms with Gasteiger partial charge in [0, 0.05) is 30.9 Å². The van der Waals surface area contributed by atoms with E-state index in [9.17, 15) is 9.59 Å². The number of nitrogens with zero attached hydrogens (tertiary/aromatic N) is 4. The minimum absolute atomic E-state index is 0.0703. The third kappa shape index (κ3) is 4.54. The number of hydrogen-bond donors (Lipinski definition) is 1. The molecule has 1 fully saturated rings. The predicted octanol–water partition coefficient (Wildman–Crippen LogP) is 3.11. The number of aryl methyl sites for hydroxylation is 1. The molecule has 2 heterocycles. The van der Waals surface area contributed by atoms with E-state index in [4.69, 9.17) is 0 Å². The number of hydrogen-bond acceptors (Lipinski definition) is 5. The van der Waals surface area contributed by atoms with E-state index in [0.717, 1.165) is 35.7 Å². The lowest BCUT2D eigenvalue weighted by Crippen LogP contribution is -2.25. The van der Waals surface area contributed by atoms with Crippen molar-refractivity contribution in [2.24, 2.45) is 0 Å². The highest BCUT2D eigenvalue weighted by Gasteiger charge is 2.21. The smallest absolute Gasteiger partial charge is 0.230 e. The number of carbonyl (C=O) groups is 2. The van der Waals surface area contributed by atoms with E-state index in [1.165, 1.54) is 11.8 Å². The van der Waals surface area contributed by atoms with Gasteiger partial charge in [-0.3, -0.25) is 14.2 Å². The Hall–Kier alpha value is -3.13. The second-order valence-electron chi connectivity index (χ2n) is 7.08. The summed E-state index contributed by atoms with van der Waals surface area (Å²) in [5.74, 6) is 1.14. The van der Waals surface area contributed by atoms with Crippen molar-refractivity contribution in [3.63, 3.8) is 0 Å². The highest BCUT2D eigenvalue weighted by molar-refractivity contribution is 7.99. The van der Waals surface area contributed by atoms with Gasteiger partial charge in [0.1, 0.15) is 5.82 Å². The Labute approximate surface area is 179 Å². The second kappa shape index (κ2) is 9.13. The number of benzene rings is 2. The van der Waals surface area contributed by atoms with Crippen molar-refractivity contribution in [1.29, 1.82) is 0 Å². The standard InChI is InChI=1S/C22H23N5O2S/c1-16-24-25-22(27(16)19-6-3-2-4-7-19)30-15-20(28)23-14-17-9-11-18(12-10-17)26-13-5-8-21(26)29/h2-4,6-7,9-12H,5,8,13-15H2,1H3,(H,23,28). The van der Waals surface area contributed by atoms with Crippen molar-refractivity contribution in [2.75, 3.05) is 17.2 Å². The monoisotopic (exact) mass is 421 g/mol. The van der Waals surface area contributed by atoms with Crippen molar-refractivity contribution >= 4 is 29.3 Å². The van der Waals surface area contributed by atoms with Gasteiger partial charge in [-0.15, -0.1) is 10.2 Å². The number of carbonyl (C=O) groups excluding carboxylic acids is 2. The summed E-state index contributed by atoms with van der Waals surface area (Å²) in [7, 11) is 0. The lowest BCUT2D eigenvalue weighted by molar-refractivity contribution is -0.119. The Kier molecular flexibility index (Phi) is 6.13. The largest absolute Gasteiger partial charge is 0.351 e. The average Bonchev–Trinajstić information content (AvgIpc) is 3.37. The van der Waals surface area contributed by atoms with Gasteiger partial charge in [0.25, 0.3) is 0 Å². The summed E-state index contributed by atoms with van der Waals surface area (Å²) in [4.78, 5) is 26.0. The van der Waals surface area contributed by atoms with Gasteiger partial charge in [0.05, 0.1) is 5.75 Å². The van der Waals surface area contributed by atoms with Crippen LogP contribution in [0.15, 0.2) is 59.8 Å². The van der Waals surface area contributed by atoms with Crippen LogP contribution in [-0.4, -0.2) is 38.9 Å². The molecule has 1 aliphatic rings. The van der Waals surface area contributed by atoms with Crippen LogP contribution in [0.1, 0.15) is 24.2 Å². The third-order valence-electron chi connectivity index (χ3n) is 4.95. The molecule has 1 saturated heterocycles. The number of anilines is 1. The van der Waals surface area contributed by atoms with Crippen LogP contribution in [0.4, 0.5) is 5.69 Å². The number of amides is 2. The molecule has 0 bridgehead atoms. The van der Waals surface area contributed by atoms with Crippen LogP contribution in [0.5, 0.6) is 0 Å². The van der Waals surface area contributed by atoms with E-state index >= 15 is 0 Å². The molecule has 3 aromatic rings. The van der Waals surface area contributed by atoms with Gasteiger partial charge in [-0.2, -0.15) is 0 Å². The van der Waals surface area contributed by atoms with Crippen molar-refractivity contribution in [3.05, 3.63) is 66.0 Å². The van der Waals surface area contributed by atoms with Crippen LogP contribution in [0, 0.1) is 6.92 Å². The van der Waals surface area contributed by atoms with E-state index < -0.39 is 0 Å². The average molecular weight is 422 g/mol. The Morgan fingerprint density at radius 1 is 1.07 bits per heavy atom. The number of para-hydroxylation sites is 1. The Morgan fingerprint density at radius 3 is 2.53 bits per heavy atom. The topological polar surface area (TPSA) is 80.1 Å². The molecule has 2 amide bonds. The molecule has 154 valence electrons. The molecule has 0 radical (unpaired) electrons. The minimum atomic E-state index is -0.0703. The number of thioether (sulfide) groups is 1. The lowest BCUT2D eigenvalue weighted by atomic mass is 10.2. The highest BCUT2D eigenvalue weighted by Crippen LogP contribution is 2.22. The van der Waals surface area contributed by atoms with E-state index in [1.807, 2.05) is 71.0 Å². The maximum absolute atomic E-state index is 12.3. The van der Waals surface area contributed by atoms with Gasteiger partial charge in [0.2, 0.25) is 11.8 Å². The maximum atomic E-state index is 12.3. The second-order valence-corrected chi connectivity index (χ2v) is 8.02. The molecule has 7 nitrogen and oxygen atoms in total. The van der Waals surface area contributed by atoms with Gasteiger partial charge in [-0.05, 0) is 43.2 Å². The van der Waals surface area contributed by atoms with Gasteiger partial charge in [0.15, 0.2) is 5.16 Å². The number of rotatable bonds is 7. The first-order valence-corrected chi connectivity index (χ1v) is 10.9. The van der Waals surface area contributed by atoms with E-state index in [-0.39, 0.29) is 17.6 Å². The van der Waals surface area contributed by atoms with Crippen molar-refractivity contribution in [3.8, 4) is 5.69 Å². The number of nitrogens with one attached hydrogen (secondary N) is 1. The molecule has 8 heteroatoms. The fourth-order valence-corrected chi connectivity index (χ4v) is 4.23. The van der Waals surface area contributed by atoms with E-state index in [0.29, 0.717) is 18.1 Å². The molecule has 0 unspecified atom stereocenters. The van der Waals surface area contributed by atoms with Crippen LogP contribution < -0.4 is 10.2 Å². The summed E-state index contributed by atoms with van der Waals surface area (Å²) in [6.07, 6.45) is 1.53. The zero-order valence-electron chi connectivity index (χ0n) is 16.7. The molecule has 0 aliphatic carbocycles. The third-order valence-corrected chi connectivity index (χ3v) is 5.88. The summed E-state index contributed by atoms with van der Waals surface area (Å²) >= 11 is 1.36. The predicted molar refractivity (Wildman–Crippen MR) is 117 cm³/mol. The van der Waals surface area contributed by atoms with Gasteiger partial charge < -0.3 is 10.2 Å². The summed E-state index contributed by atoms with van der Waals surface area (Å²) in [5.41, 5.74) is 2.88.